The number of nitro groups is 1. The SMILES string of the molecule is Cc1cc2sc(NC(=O)c3ccc(N4CCCCC4)c([N+](=O)[O-])c3)nc2cc1Cl. The van der Waals surface area contributed by atoms with Gasteiger partial charge in [0.1, 0.15) is 5.69 Å². The van der Waals surface area contributed by atoms with Gasteiger partial charge in [-0.3, -0.25) is 20.2 Å². The highest BCUT2D eigenvalue weighted by molar-refractivity contribution is 7.22. The number of hydrogen-bond donors (Lipinski definition) is 1. The number of nitrogens with one attached hydrogen (secondary N) is 1. The van der Waals surface area contributed by atoms with Crippen LogP contribution in [0.15, 0.2) is 30.3 Å². The zero-order valence-corrected chi connectivity index (χ0v) is 17.3. The topological polar surface area (TPSA) is 88.4 Å². The first-order chi connectivity index (χ1) is 13.9. The summed E-state index contributed by atoms with van der Waals surface area (Å²) in [6, 6.07) is 8.31. The van der Waals surface area contributed by atoms with Crippen molar-refractivity contribution in [2.75, 3.05) is 23.3 Å². The minimum absolute atomic E-state index is 0.0498. The third-order valence-electron chi connectivity index (χ3n) is 5.02. The van der Waals surface area contributed by atoms with E-state index in [2.05, 4.69) is 10.3 Å². The largest absolute Gasteiger partial charge is 0.366 e. The van der Waals surface area contributed by atoms with Crippen molar-refractivity contribution in [3.63, 3.8) is 0 Å². The number of carbonyl (C=O) groups is 1. The lowest BCUT2D eigenvalue weighted by Gasteiger charge is -2.28. The maximum atomic E-state index is 12.7. The molecule has 3 aromatic rings. The average Bonchev–Trinajstić information content (AvgIpc) is 3.09. The molecule has 7 nitrogen and oxygen atoms in total. The number of aromatic nitrogens is 1. The molecule has 1 aliphatic rings. The van der Waals surface area contributed by atoms with Crippen LogP contribution < -0.4 is 10.2 Å². The van der Waals surface area contributed by atoms with Crippen LogP contribution >= 0.6 is 22.9 Å². The number of hydrogen-bond acceptors (Lipinski definition) is 6. The Morgan fingerprint density at radius 2 is 2.00 bits per heavy atom. The second-order valence-electron chi connectivity index (χ2n) is 7.05. The second-order valence-corrected chi connectivity index (χ2v) is 8.49. The summed E-state index contributed by atoms with van der Waals surface area (Å²) in [6.07, 6.45) is 3.17. The summed E-state index contributed by atoms with van der Waals surface area (Å²) in [5.41, 5.74) is 2.38. The van der Waals surface area contributed by atoms with E-state index in [0.717, 1.165) is 42.6 Å². The first-order valence-corrected chi connectivity index (χ1v) is 10.5. The first kappa shape index (κ1) is 19.6. The van der Waals surface area contributed by atoms with Crippen molar-refractivity contribution in [1.29, 1.82) is 0 Å². The van der Waals surface area contributed by atoms with Crippen molar-refractivity contribution in [3.05, 3.63) is 56.6 Å². The third-order valence-corrected chi connectivity index (χ3v) is 6.36. The van der Waals surface area contributed by atoms with Crippen molar-refractivity contribution in [3.8, 4) is 0 Å². The number of carbonyl (C=O) groups excluding carboxylic acids is 1. The van der Waals surface area contributed by atoms with Gasteiger partial charge in [-0.25, -0.2) is 4.98 Å². The molecule has 0 atom stereocenters. The Morgan fingerprint density at radius 3 is 2.72 bits per heavy atom. The zero-order valence-electron chi connectivity index (χ0n) is 15.8. The molecule has 2 aromatic carbocycles. The molecule has 0 bridgehead atoms. The molecule has 2 heterocycles. The van der Waals surface area contributed by atoms with Crippen LogP contribution in [-0.2, 0) is 0 Å². The van der Waals surface area contributed by atoms with E-state index < -0.39 is 10.8 Å². The molecule has 0 radical (unpaired) electrons. The fraction of sp³-hybridized carbons (Fsp3) is 0.300. The Balaban J connectivity index is 1.60. The number of amides is 1. The molecule has 29 heavy (non-hydrogen) atoms. The lowest BCUT2D eigenvalue weighted by molar-refractivity contribution is -0.384. The Morgan fingerprint density at radius 1 is 1.24 bits per heavy atom. The van der Waals surface area contributed by atoms with Gasteiger partial charge in [-0.15, -0.1) is 0 Å². The summed E-state index contributed by atoms with van der Waals surface area (Å²) in [5, 5.41) is 15.4. The molecule has 0 saturated carbocycles. The van der Waals surface area contributed by atoms with E-state index in [1.54, 1.807) is 18.2 Å². The number of fused-ring (bicyclic) bond motifs is 1. The molecule has 150 valence electrons. The molecule has 1 aromatic heterocycles. The van der Waals surface area contributed by atoms with Gasteiger partial charge < -0.3 is 4.90 Å². The standard InChI is InChI=1S/C20H19ClN4O3S/c1-12-9-18-15(11-14(12)21)22-20(29-18)23-19(26)13-5-6-16(17(10-13)25(27)28)24-7-3-2-4-8-24/h5-6,9-11H,2-4,7-8H2,1H3,(H,22,23,26). The molecule has 1 amide bonds. The van der Waals surface area contributed by atoms with Gasteiger partial charge in [0.2, 0.25) is 0 Å². The van der Waals surface area contributed by atoms with Crippen molar-refractivity contribution in [1.82, 2.24) is 4.98 Å². The van der Waals surface area contributed by atoms with Crippen molar-refractivity contribution in [2.45, 2.75) is 26.2 Å². The molecular formula is C20H19ClN4O3S. The maximum absolute atomic E-state index is 12.7. The smallest absolute Gasteiger partial charge is 0.293 e. The van der Waals surface area contributed by atoms with E-state index in [-0.39, 0.29) is 11.3 Å². The van der Waals surface area contributed by atoms with Gasteiger partial charge in [0.25, 0.3) is 11.6 Å². The second kappa shape index (κ2) is 7.96. The van der Waals surface area contributed by atoms with E-state index in [0.29, 0.717) is 21.4 Å². The van der Waals surface area contributed by atoms with Gasteiger partial charge in [-0.2, -0.15) is 0 Å². The van der Waals surface area contributed by atoms with Crippen molar-refractivity contribution in [2.24, 2.45) is 0 Å². The third kappa shape index (κ3) is 4.04. The molecule has 0 unspecified atom stereocenters. The van der Waals surface area contributed by atoms with Crippen molar-refractivity contribution < 1.29 is 9.72 Å². The summed E-state index contributed by atoms with van der Waals surface area (Å²) < 4.78 is 0.911. The van der Waals surface area contributed by atoms with Gasteiger partial charge in [0.15, 0.2) is 5.13 Å². The van der Waals surface area contributed by atoms with Crippen LogP contribution in [0.2, 0.25) is 5.02 Å². The van der Waals surface area contributed by atoms with Gasteiger partial charge in [-0.1, -0.05) is 22.9 Å². The van der Waals surface area contributed by atoms with Crippen LogP contribution in [0.3, 0.4) is 0 Å². The van der Waals surface area contributed by atoms with Crippen LogP contribution in [-0.4, -0.2) is 28.9 Å². The number of halogens is 1. The number of aryl methyl sites for hydroxylation is 1. The Kier molecular flexibility index (Phi) is 5.38. The van der Waals surface area contributed by atoms with Crippen LogP contribution in [0.25, 0.3) is 10.2 Å². The fourth-order valence-electron chi connectivity index (χ4n) is 3.49. The van der Waals surface area contributed by atoms with E-state index in [4.69, 9.17) is 11.6 Å². The van der Waals surface area contributed by atoms with Gasteiger partial charge in [0, 0.05) is 29.7 Å². The molecule has 4 rings (SSSR count). The molecule has 1 N–H and O–H groups in total. The van der Waals surface area contributed by atoms with Crippen LogP contribution in [0, 0.1) is 17.0 Å². The normalized spacial score (nSPS) is 14.2. The summed E-state index contributed by atoms with van der Waals surface area (Å²) in [7, 11) is 0. The van der Waals surface area contributed by atoms with Crippen molar-refractivity contribution >= 4 is 55.6 Å². The highest BCUT2D eigenvalue weighted by Gasteiger charge is 2.23. The summed E-state index contributed by atoms with van der Waals surface area (Å²) in [4.78, 5) is 30.3. The van der Waals surface area contributed by atoms with Gasteiger partial charge in [0.05, 0.1) is 15.1 Å². The molecule has 1 aliphatic heterocycles. The molecule has 0 spiro atoms. The predicted octanol–water partition coefficient (Wildman–Crippen LogP) is 5.41. The molecular weight excluding hydrogens is 412 g/mol. The monoisotopic (exact) mass is 430 g/mol. The van der Waals surface area contributed by atoms with E-state index >= 15 is 0 Å². The zero-order chi connectivity index (χ0) is 20.5. The number of piperidine rings is 1. The molecule has 9 heteroatoms. The highest BCUT2D eigenvalue weighted by atomic mass is 35.5. The fourth-order valence-corrected chi connectivity index (χ4v) is 4.58. The Hall–Kier alpha value is -2.71. The minimum Gasteiger partial charge on any atom is -0.366 e. The summed E-state index contributed by atoms with van der Waals surface area (Å²) in [6.45, 7) is 3.49. The van der Waals surface area contributed by atoms with Crippen LogP contribution in [0.4, 0.5) is 16.5 Å². The van der Waals surface area contributed by atoms with Crippen LogP contribution in [0.5, 0.6) is 0 Å². The number of nitro benzene ring substituents is 1. The molecule has 1 fully saturated rings. The van der Waals surface area contributed by atoms with E-state index in [9.17, 15) is 14.9 Å². The number of rotatable bonds is 4. The summed E-state index contributed by atoms with van der Waals surface area (Å²) >= 11 is 7.47. The Bertz CT molecular complexity index is 1070. The minimum atomic E-state index is -0.430. The molecule has 1 saturated heterocycles. The van der Waals surface area contributed by atoms with Gasteiger partial charge in [-0.05, 0) is 56.0 Å². The van der Waals surface area contributed by atoms with E-state index in [1.165, 1.54) is 17.4 Å². The van der Waals surface area contributed by atoms with E-state index in [1.807, 2.05) is 17.9 Å². The number of benzene rings is 2. The maximum Gasteiger partial charge on any atom is 0.293 e. The Labute approximate surface area is 176 Å². The lowest BCUT2D eigenvalue weighted by atomic mass is 10.1. The highest BCUT2D eigenvalue weighted by Crippen LogP contribution is 2.33. The predicted molar refractivity (Wildman–Crippen MR) is 116 cm³/mol. The number of thiazole rings is 1. The van der Waals surface area contributed by atoms with Crippen LogP contribution in [0.1, 0.15) is 35.2 Å². The quantitative estimate of drug-likeness (QED) is 0.441. The summed E-state index contributed by atoms with van der Waals surface area (Å²) in [5.74, 6) is -0.430. The average molecular weight is 431 g/mol. The van der Waals surface area contributed by atoms with Gasteiger partial charge >= 0.3 is 0 Å². The number of nitrogens with zero attached hydrogens (tertiary/aromatic N) is 3. The lowest BCUT2D eigenvalue weighted by Crippen LogP contribution is -2.30. The molecule has 0 aliphatic carbocycles. The first-order valence-electron chi connectivity index (χ1n) is 9.34. The number of anilines is 2.